The Morgan fingerprint density at radius 1 is 1.39 bits per heavy atom. The number of hydrogen-bond donors (Lipinski definition) is 1. The number of anilines is 1. The molecule has 0 bridgehead atoms. The van der Waals surface area contributed by atoms with Crippen molar-refractivity contribution >= 4 is 5.95 Å². The second-order valence-corrected chi connectivity index (χ2v) is 5.67. The molecule has 3 rings (SSSR count). The summed E-state index contributed by atoms with van der Waals surface area (Å²) in [4.78, 5) is 10.5. The Kier molecular flexibility index (Phi) is 4.71. The maximum absolute atomic E-state index is 13.9. The van der Waals surface area contributed by atoms with E-state index in [0.29, 0.717) is 37.9 Å². The third-order valence-electron chi connectivity index (χ3n) is 4.10. The Balaban J connectivity index is 1.62. The predicted molar refractivity (Wildman–Crippen MR) is 84.0 cm³/mol. The standard InChI is InChI=1S/C15H21FN6O/c1-21-12(3-6-19-21)10-22-9-11(16)7-13(22)8-18-15-17-5-4-14(20-15)23-2/h3-6,11,13H,7-10H2,1-2H3,(H,17,18,20)/t11-,13-/m0/s1. The van der Waals surface area contributed by atoms with Crippen molar-refractivity contribution in [1.29, 1.82) is 0 Å². The number of alkyl halides is 1. The summed E-state index contributed by atoms with van der Waals surface area (Å²) >= 11 is 0. The molecule has 0 radical (unpaired) electrons. The highest BCUT2D eigenvalue weighted by atomic mass is 19.1. The van der Waals surface area contributed by atoms with Crippen molar-refractivity contribution in [2.24, 2.45) is 7.05 Å². The largest absolute Gasteiger partial charge is 0.481 e. The summed E-state index contributed by atoms with van der Waals surface area (Å²) in [6.07, 6.45) is 3.10. The van der Waals surface area contributed by atoms with Crippen LogP contribution in [0, 0.1) is 0 Å². The number of aromatic nitrogens is 4. The van der Waals surface area contributed by atoms with Gasteiger partial charge in [-0.15, -0.1) is 0 Å². The molecule has 0 aliphatic carbocycles. The van der Waals surface area contributed by atoms with Crippen LogP contribution in [-0.4, -0.2) is 57.1 Å². The minimum Gasteiger partial charge on any atom is -0.481 e. The normalized spacial score (nSPS) is 21.5. The topological polar surface area (TPSA) is 68.1 Å². The van der Waals surface area contributed by atoms with Crippen molar-refractivity contribution in [1.82, 2.24) is 24.6 Å². The first-order chi connectivity index (χ1) is 11.2. The molecule has 0 aromatic carbocycles. The van der Waals surface area contributed by atoms with Gasteiger partial charge in [-0.1, -0.05) is 0 Å². The maximum Gasteiger partial charge on any atom is 0.225 e. The zero-order valence-corrected chi connectivity index (χ0v) is 13.3. The maximum atomic E-state index is 13.9. The second-order valence-electron chi connectivity index (χ2n) is 5.67. The molecule has 1 saturated heterocycles. The van der Waals surface area contributed by atoms with Crippen molar-refractivity contribution in [2.45, 2.75) is 25.2 Å². The van der Waals surface area contributed by atoms with E-state index in [1.165, 1.54) is 0 Å². The number of methoxy groups -OCH3 is 1. The number of ether oxygens (including phenoxy) is 1. The lowest BCUT2D eigenvalue weighted by molar-refractivity contribution is 0.235. The monoisotopic (exact) mass is 320 g/mol. The van der Waals surface area contributed by atoms with Gasteiger partial charge in [0.2, 0.25) is 11.8 Å². The van der Waals surface area contributed by atoms with Gasteiger partial charge in [0.05, 0.1) is 12.8 Å². The van der Waals surface area contributed by atoms with Crippen LogP contribution in [0.5, 0.6) is 5.88 Å². The van der Waals surface area contributed by atoms with Gasteiger partial charge in [-0.2, -0.15) is 10.1 Å². The zero-order valence-electron chi connectivity index (χ0n) is 13.3. The molecule has 2 aromatic heterocycles. The van der Waals surface area contributed by atoms with Crippen molar-refractivity contribution in [2.75, 3.05) is 25.5 Å². The van der Waals surface area contributed by atoms with E-state index in [2.05, 4.69) is 25.3 Å². The van der Waals surface area contributed by atoms with E-state index in [0.717, 1.165) is 5.69 Å². The van der Waals surface area contributed by atoms with E-state index < -0.39 is 6.17 Å². The Bertz CT molecular complexity index is 648. The number of rotatable bonds is 6. The minimum atomic E-state index is -0.804. The molecular formula is C15H21FN6O. The molecule has 0 saturated carbocycles. The van der Waals surface area contributed by atoms with E-state index in [1.54, 1.807) is 25.6 Å². The fourth-order valence-electron chi connectivity index (χ4n) is 2.84. The van der Waals surface area contributed by atoms with Gasteiger partial charge < -0.3 is 10.1 Å². The quantitative estimate of drug-likeness (QED) is 0.864. The molecule has 8 heteroatoms. The van der Waals surface area contributed by atoms with Gasteiger partial charge in [-0.3, -0.25) is 9.58 Å². The van der Waals surface area contributed by atoms with E-state index in [-0.39, 0.29) is 6.04 Å². The average Bonchev–Trinajstić information content (AvgIpc) is 3.12. The molecule has 2 atom stereocenters. The summed E-state index contributed by atoms with van der Waals surface area (Å²) in [6, 6.07) is 3.74. The smallest absolute Gasteiger partial charge is 0.225 e. The van der Waals surface area contributed by atoms with Crippen LogP contribution >= 0.6 is 0 Å². The van der Waals surface area contributed by atoms with Crippen LogP contribution in [0.2, 0.25) is 0 Å². The highest BCUT2D eigenvalue weighted by Gasteiger charge is 2.32. The SMILES string of the molecule is COc1ccnc(NC[C@@H]2C[C@H](F)CN2Cc2ccnn2C)n1. The molecule has 7 nitrogen and oxygen atoms in total. The lowest BCUT2D eigenvalue weighted by atomic mass is 10.2. The first-order valence-corrected chi connectivity index (χ1v) is 7.61. The first kappa shape index (κ1) is 15.7. The Morgan fingerprint density at radius 3 is 3.00 bits per heavy atom. The van der Waals surface area contributed by atoms with Crippen LogP contribution in [-0.2, 0) is 13.6 Å². The molecule has 1 N–H and O–H groups in total. The summed E-state index contributed by atoms with van der Waals surface area (Å²) < 4.78 is 20.8. The second kappa shape index (κ2) is 6.91. The van der Waals surface area contributed by atoms with E-state index in [1.807, 2.05) is 17.8 Å². The molecule has 23 heavy (non-hydrogen) atoms. The molecule has 124 valence electrons. The lowest BCUT2D eigenvalue weighted by Crippen LogP contribution is -2.35. The van der Waals surface area contributed by atoms with E-state index in [4.69, 9.17) is 4.74 Å². The summed E-state index contributed by atoms with van der Waals surface area (Å²) in [6.45, 7) is 1.71. The fourth-order valence-corrected chi connectivity index (χ4v) is 2.84. The molecule has 1 aliphatic rings. The molecular weight excluding hydrogens is 299 g/mol. The van der Waals surface area contributed by atoms with E-state index >= 15 is 0 Å². The Labute approximate surface area is 134 Å². The molecule has 2 aromatic rings. The van der Waals surface area contributed by atoms with Crippen molar-refractivity contribution < 1.29 is 9.13 Å². The van der Waals surface area contributed by atoms with Gasteiger partial charge in [-0.25, -0.2) is 9.37 Å². The molecule has 1 aliphatic heterocycles. The van der Waals surface area contributed by atoms with Gasteiger partial charge in [0, 0.05) is 51.2 Å². The highest BCUT2D eigenvalue weighted by molar-refractivity contribution is 5.27. The summed E-state index contributed by atoms with van der Waals surface area (Å²) in [5.74, 6) is 0.996. The van der Waals surface area contributed by atoms with Gasteiger partial charge >= 0.3 is 0 Å². The molecule has 0 spiro atoms. The van der Waals surface area contributed by atoms with E-state index in [9.17, 15) is 4.39 Å². The number of likely N-dealkylation sites (tertiary alicyclic amines) is 1. The molecule has 3 heterocycles. The van der Waals surface area contributed by atoms with Gasteiger partial charge in [0.1, 0.15) is 6.17 Å². The zero-order chi connectivity index (χ0) is 16.2. The third kappa shape index (κ3) is 3.76. The fraction of sp³-hybridized carbons (Fsp3) is 0.533. The molecule has 0 unspecified atom stereocenters. The van der Waals surface area contributed by atoms with Crippen LogP contribution in [0.1, 0.15) is 12.1 Å². The Hall–Kier alpha value is -2.22. The van der Waals surface area contributed by atoms with Crippen molar-refractivity contribution in [3.8, 4) is 5.88 Å². The number of halogens is 1. The summed E-state index contributed by atoms with van der Waals surface area (Å²) in [5.41, 5.74) is 1.07. The van der Waals surface area contributed by atoms with Gasteiger partial charge in [0.15, 0.2) is 0 Å². The van der Waals surface area contributed by atoms with Crippen molar-refractivity contribution in [3.63, 3.8) is 0 Å². The first-order valence-electron chi connectivity index (χ1n) is 7.61. The average molecular weight is 320 g/mol. The number of hydrogen-bond acceptors (Lipinski definition) is 6. The van der Waals surface area contributed by atoms with Crippen LogP contribution in [0.4, 0.5) is 10.3 Å². The molecule has 1 fully saturated rings. The highest BCUT2D eigenvalue weighted by Crippen LogP contribution is 2.23. The van der Waals surface area contributed by atoms with Crippen LogP contribution in [0.15, 0.2) is 24.5 Å². The van der Waals surface area contributed by atoms with Crippen molar-refractivity contribution in [3.05, 3.63) is 30.2 Å². The third-order valence-corrected chi connectivity index (χ3v) is 4.10. The van der Waals surface area contributed by atoms with Crippen LogP contribution in [0.3, 0.4) is 0 Å². The Morgan fingerprint density at radius 2 is 2.26 bits per heavy atom. The van der Waals surface area contributed by atoms with Gasteiger partial charge in [-0.05, 0) is 12.5 Å². The predicted octanol–water partition coefficient (Wildman–Crippen LogP) is 1.24. The van der Waals surface area contributed by atoms with Gasteiger partial charge in [0.25, 0.3) is 0 Å². The summed E-state index contributed by atoms with van der Waals surface area (Å²) in [7, 11) is 3.46. The van der Waals surface area contributed by atoms with Crippen LogP contribution < -0.4 is 10.1 Å². The summed E-state index contributed by atoms with van der Waals surface area (Å²) in [5, 5.41) is 7.34. The lowest BCUT2D eigenvalue weighted by Gasteiger charge is -2.24. The number of nitrogens with one attached hydrogen (secondary N) is 1. The number of nitrogens with zero attached hydrogens (tertiary/aromatic N) is 5. The minimum absolute atomic E-state index is 0.0923. The number of aryl methyl sites for hydroxylation is 1. The molecule has 0 amide bonds. The van der Waals surface area contributed by atoms with Crippen LogP contribution in [0.25, 0.3) is 0 Å².